The molecular formula is C10H17N5. The molecule has 2 rings (SSSR count). The maximum Gasteiger partial charge on any atom is 0.160 e. The normalized spacial score (nSPS) is 23.6. The summed E-state index contributed by atoms with van der Waals surface area (Å²) in [7, 11) is 0. The number of nitrogens with two attached hydrogens (primary N) is 1. The van der Waals surface area contributed by atoms with Crippen LogP contribution in [-0.2, 0) is 0 Å². The molecule has 0 aliphatic heterocycles. The number of nitrogens with one attached hydrogen (secondary N) is 2. The van der Waals surface area contributed by atoms with Crippen LogP contribution in [0.5, 0.6) is 0 Å². The minimum atomic E-state index is 0.576. The molecule has 0 bridgehead atoms. The van der Waals surface area contributed by atoms with Crippen LogP contribution in [0.15, 0.2) is 12.4 Å². The van der Waals surface area contributed by atoms with E-state index in [1.54, 1.807) is 12.4 Å². The molecule has 0 radical (unpaired) electrons. The fourth-order valence-electron chi connectivity index (χ4n) is 1.81. The quantitative estimate of drug-likeness (QED) is 0.502. The molecule has 5 heteroatoms. The fraction of sp³-hybridized carbons (Fsp3) is 0.600. The van der Waals surface area contributed by atoms with Gasteiger partial charge in [0.05, 0.1) is 12.4 Å². The average Bonchev–Trinajstić information content (AvgIpc) is 2.97. The first-order valence-electron chi connectivity index (χ1n) is 5.38. The largest absolute Gasteiger partial charge is 0.366 e. The molecule has 15 heavy (non-hydrogen) atoms. The number of aromatic nitrogens is 2. The van der Waals surface area contributed by atoms with Gasteiger partial charge in [0, 0.05) is 6.04 Å². The first-order chi connectivity index (χ1) is 7.33. The number of anilines is 2. The van der Waals surface area contributed by atoms with Gasteiger partial charge in [-0.25, -0.2) is 10.8 Å². The molecule has 0 amide bonds. The topological polar surface area (TPSA) is 75.9 Å². The van der Waals surface area contributed by atoms with E-state index in [0.29, 0.717) is 11.9 Å². The highest BCUT2D eigenvalue weighted by molar-refractivity contribution is 5.42. The molecule has 1 fully saturated rings. The third-order valence-corrected chi connectivity index (χ3v) is 2.70. The second kappa shape index (κ2) is 4.44. The molecule has 1 aromatic heterocycles. The molecule has 82 valence electrons. The summed E-state index contributed by atoms with van der Waals surface area (Å²) in [6, 6.07) is 0.576. The van der Waals surface area contributed by atoms with Crippen molar-refractivity contribution < 1.29 is 0 Å². The number of rotatable bonds is 5. The maximum atomic E-state index is 5.26. The zero-order chi connectivity index (χ0) is 10.7. The predicted molar refractivity (Wildman–Crippen MR) is 60.3 cm³/mol. The Morgan fingerprint density at radius 2 is 2.27 bits per heavy atom. The number of hydrogen-bond donors (Lipinski definition) is 3. The van der Waals surface area contributed by atoms with Crippen LogP contribution >= 0.6 is 0 Å². The lowest BCUT2D eigenvalue weighted by Crippen LogP contribution is -2.12. The Bertz CT molecular complexity index is 327. The van der Waals surface area contributed by atoms with Crippen molar-refractivity contribution in [3.8, 4) is 0 Å². The smallest absolute Gasteiger partial charge is 0.160 e. The van der Waals surface area contributed by atoms with E-state index in [4.69, 9.17) is 5.84 Å². The Hall–Kier alpha value is -1.36. The molecule has 4 N–H and O–H groups in total. The number of hydrogen-bond acceptors (Lipinski definition) is 5. The summed E-state index contributed by atoms with van der Waals surface area (Å²) < 4.78 is 0. The second-order valence-corrected chi connectivity index (χ2v) is 3.97. The van der Waals surface area contributed by atoms with Crippen molar-refractivity contribution in [1.29, 1.82) is 0 Å². The van der Waals surface area contributed by atoms with Crippen LogP contribution in [0.25, 0.3) is 0 Å². The van der Waals surface area contributed by atoms with E-state index in [-0.39, 0.29) is 0 Å². The van der Waals surface area contributed by atoms with E-state index >= 15 is 0 Å². The Balaban J connectivity index is 1.89. The van der Waals surface area contributed by atoms with Gasteiger partial charge in [0.15, 0.2) is 5.82 Å². The van der Waals surface area contributed by atoms with Crippen LogP contribution in [0.4, 0.5) is 11.6 Å². The molecule has 2 atom stereocenters. The second-order valence-electron chi connectivity index (χ2n) is 3.97. The van der Waals surface area contributed by atoms with Crippen molar-refractivity contribution in [3.05, 3.63) is 12.4 Å². The van der Waals surface area contributed by atoms with E-state index < -0.39 is 0 Å². The van der Waals surface area contributed by atoms with Gasteiger partial charge >= 0.3 is 0 Å². The summed E-state index contributed by atoms with van der Waals surface area (Å²) in [5, 5.41) is 3.36. The van der Waals surface area contributed by atoms with Crippen molar-refractivity contribution in [2.45, 2.75) is 32.2 Å². The summed E-state index contributed by atoms with van der Waals surface area (Å²) in [6.45, 7) is 2.22. The lowest BCUT2D eigenvalue weighted by Gasteiger charge is -2.05. The Morgan fingerprint density at radius 3 is 3.00 bits per heavy atom. The first-order valence-corrected chi connectivity index (χ1v) is 5.38. The van der Waals surface area contributed by atoms with Crippen LogP contribution in [0.2, 0.25) is 0 Å². The lowest BCUT2D eigenvalue weighted by atomic mass is 10.2. The third-order valence-electron chi connectivity index (χ3n) is 2.70. The van der Waals surface area contributed by atoms with E-state index in [1.807, 2.05) is 0 Å². The van der Waals surface area contributed by atoms with E-state index in [2.05, 4.69) is 27.6 Å². The maximum absolute atomic E-state index is 5.26. The Morgan fingerprint density at radius 1 is 1.47 bits per heavy atom. The summed E-state index contributed by atoms with van der Waals surface area (Å²) >= 11 is 0. The monoisotopic (exact) mass is 207 g/mol. The molecule has 5 nitrogen and oxygen atoms in total. The van der Waals surface area contributed by atoms with E-state index in [9.17, 15) is 0 Å². The molecular weight excluding hydrogens is 190 g/mol. The molecule has 1 heterocycles. The van der Waals surface area contributed by atoms with Crippen LogP contribution in [0, 0.1) is 5.92 Å². The molecule has 0 aromatic carbocycles. The van der Waals surface area contributed by atoms with Crippen molar-refractivity contribution in [2.24, 2.45) is 11.8 Å². The Kier molecular flexibility index (Phi) is 3.01. The summed E-state index contributed by atoms with van der Waals surface area (Å²) in [6.07, 6.45) is 7.11. The van der Waals surface area contributed by atoms with Crippen LogP contribution in [0.1, 0.15) is 26.2 Å². The summed E-state index contributed by atoms with van der Waals surface area (Å²) in [4.78, 5) is 8.30. The number of hydrazine groups is 1. The molecule has 1 aromatic rings. The third kappa shape index (κ3) is 2.56. The van der Waals surface area contributed by atoms with E-state index in [0.717, 1.165) is 11.7 Å². The lowest BCUT2D eigenvalue weighted by molar-refractivity contribution is 0.692. The molecule has 1 aliphatic carbocycles. The van der Waals surface area contributed by atoms with Gasteiger partial charge in [-0.2, -0.15) is 0 Å². The van der Waals surface area contributed by atoms with E-state index in [1.165, 1.54) is 19.3 Å². The first kappa shape index (κ1) is 10.2. The minimum absolute atomic E-state index is 0.576. The van der Waals surface area contributed by atoms with Crippen molar-refractivity contribution in [3.63, 3.8) is 0 Å². The molecule has 0 saturated heterocycles. The molecule has 1 aliphatic rings. The fourth-order valence-corrected chi connectivity index (χ4v) is 1.81. The highest BCUT2D eigenvalue weighted by Crippen LogP contribution is 2.36. The summed E-state index contributed by atoms with van der Waals surface area (Å²) in [5.41, 5.74) is 2.48. The molecule has 2 unspecified atom stereocenters. The zero-order valence-electron chi connectivity index (χ0n) is 8.90. The van der Waals surface area contributed by atoms with Crippen molar-refractivity contribution in [2.75, 3.05) is 10.7 Å². The van der Waals surface area contributed by atoms with Gasteiger partial charge in [-0.15, -0.1) is 0 Å². The van der Waals surface area contributed by atoms with Gasteiger partial charge in [0.2, 0.25) is 0 Å². The molecule has 1 saturated carbocycles. The minimum Gasteiger partial charge on any atom is -0.366 e. The zero-order valence-corrected chi connectivity index (χ0v) is 8.90. The van der Waals surface area contributed by atoms with Crippen molar-refractivity contribution in [1.82, 2.24) is 9.97 Å². The van der Waals surface area contributed by atoms with Gasteiger partial charge < -0.3 is 10.7 Å². The van der Waals surface area contributed by atoms with Crippen LogP contribution < -0.4 is 16.6 Å². The molecule has 0 spiro atoms. The van der Waals surface area contributed by atoms with Gasteiger partial charge in [0.25, 0.3) is 0 Å². The van der Waals surface area contributed by atoms with Crippen LogP contribution in [-0.4, -0.2) is 16.0 Å². The average molecular weight is 207 g/mol. The van der Waals surface area contributed by atoms with Gasteiger partial charge in [-0.05, 0) is 18.8 Å². The van der Waals surface area contributed by atoms with Gasteiger partial charge in [-0.1, -0.05) is 13.3 Å². The highest BCUT2D eigenvalue weighted by atomic mass is 15.3. The SMILES string of the molecule is CCCC1CC1Nc1cncc(NN)n1. The Labute approximate surface area is 89.5 Å². The van der Waals surface area contributed by atoms with Crippen molar-refractivity contribution >= 4 is 11.6 Å². The standard InChI is InChI=1S/C10H17N5/c1-2-3-7-4-8(7)13-9-5-12-6-10(14-9)15-11/h5-8H,2-4,11H2,1H3,(H2,13,14,15). The number of nitrogen functional groups attached to an aromatic ring is 1. The van der Waals surface area contributed by atoms with Gasteiger partial charge in [0.1, 0.15) is 5.82 Å². The van der Waals surface area contributed by atoms with Gasteiger partial charge in [-0.3, -0.25) is 4.98 Å². The number of nitrogens with zero attached hydrogens (tertiary/aromatic N) is 2. The highest BCUT2D eigenvalue weighted by Gasteiger charge is 2.36. The predicted octanol–water partition coefficient (Wildman–Crippen LogP) is 1.36. The van der Waals surface area contributed by atoms with Crippen LogP contribution in [0.3, 0.4) is 0 Å². The summed E-state index contributed by atoms with van der Waals surface area (Å²) in [5.74, 6) is 7.46.